The summed E-state index contributed by atoms with van der Waals surface area (Å²) in [6.45, 7) is 8.82. The molecule has 9 heteroatoms. The van der Waals surface area contributed by atoms with Crippen LogP contribution in [-0.2, 0) is 11.3 Å². The zero-order chi connectivity index (χ0) is 28.9. The average Bonchev–Trinajstić information content (AvgIpc) is 3.45. The van der Waals surface area contributed by atoms with Crippen molar-refractivity contribution in [2.75, 3.05) is 51.8 Å². The van der Waals surface area contributed by atoms with Crippen LogP contribution in [0.1, 0.15) is 21.6 Å². The van der Waals surface area contributed by atoms with Gasteiger partial charge in [0, 0.05) is 63.7 Å². The van der Waals surface area contributed by atoms with Crippen molar-refractivity contribution in [3.63, 3.8) is 0 Å². The number of fused-ring (bicyclic) bond motifs is 1. The maximum atomic E-state index is 13.3. The van der Waals surface area contributed by atoms with Gasteiger partial charge in [-0.1, -0.05) is 59.4 Å². The van der Waals surface area contributed by atoms with Gasteiger partial charge in [-0.3, -0.25) is 14.6 Å². The molecule has 0 bridgehead atoms. The molecular formula is C33H34N6O2S. The number of aromatic nitrogens is 3. The van der Waals surface area contributed by atoms with Crippen molar-refractivity contribution < 1.29 is 9.53 Å². The van der Waals surface area contributed by atoms with Crippen LogP contribution < -0.4 is 5.32 Å². The van der Waals surface area contributed by atoms with Crippen LogP contribution in [-0.4, -0.2) is 77.1 Å². The Morgan fingerprint density at radius 3 is 2.55 bits per heavy atom. The number of nitrogens with one attached hydrogen (secondary N) is 1. The highest BCUT2D eigenvalue weighted by Crippen LogP contribution is 2.34. The van der Waals surface area contributed by atoms with Crippen LogP contribution >= 0.6 is 11.3 Å². The Morgan fingerprint density at radius 1 is 0.952 bits per heavy atom. The number of ether oxygens (including phenoxy) is 1. The molecule has 1 N–H and O–H groups in total. The number of carbonyl (C=O) groups excluding carboxylic acids is 1. The fourth-order valence-corrected chi connectivity index (χ4v) is 6.06. The maximum absolute atomic E-state index is 13.3. The number of benzene rings is 2. The standard InChI is InChI=1S/C33H34N6O2S/c1-23-10-12-25(13-11-23)27-8-5-9-29(35-27)31(40)36-28-7-4-3-6-26(28)32-37-30-20-24(21-34-33(30)42-32)22-39-16-14-38(15-17-39)18-19-41-2/h3-13,20-21H,14-19,22H2,1-2H3,(H,36,40). The molecule has 5 aromatic rings. The van der Waals surface area contributed by atoms with Crippen LogP contribution in [0.4, 0.5) is 5.69 Å². The minimum atomic E-state index is -0.264. The number of nitrogens with zero attached hydrogens (tertiary/aromatic N) is 5. The predicted octanol–water partition coefficient (Wildman–Crippen LogP) is 5.75. The largest absolute Gasteiger partial charge is 0.383 e. The lowest BCUT2D eigenvalue weighted by atomic mass is 10.1. The first-order valence-electron chi connectivity index (χ1n) is 14.2. The number of rotatable bonds is 9. The minimum Gasteiger partial charge on any atom is -0.383 e. The highest BCUT2D eigenvalue weighted by Gasteiger charge is 2.18. The van der Waals surface area contributed by atoms with E-state index in [2.05, 4.69) is 26.2 Å². The smallest absolute Gasteiger partial charge is 0.274 e. The van der Waals surface area contributed by atoms with E-state index in [4.69, 9.17) is 14.7 Å². The number of methoxy groups -OCH3 is 1. The van der Waals surface area contributed by atoms with E-state index in [1.54, 1.807) is 13.2 Å². The molecule has 1 aliphatic heterocycles. The highest BCUT2D eigenvalue weighted by atomic mass is 32.1. The van der Waals surface area contributed by atoms with Crippen molar-refractivity contribution in [1.82, 2.24) is 24.8 Å². The fraction of sp³-hybridized carbons (Fsp3) is 0.273. The molecule has 0 aliphatic carbocycles. The van der Waals surface area contributed by atoms with Crippen LogP contribution in [0.3, 0.4) is 0 Å². The third kappa shape index (κ3) is 6.55. The third-order valence-electron chi connectivity index (χ3n) is 7.52. The first-order valence-corrected chi connectivity index (χ1v) is 15.0. The van der Waals surface area contributed by atoms with Crippen LogP contribution in [0.25, 0.3) is 32.2 Å². The number of aryl methyl sites for hydroxylation is 1. The van der Waals surface area contributed by atoms with Gasteiger partial charge in [-0.25, -0.2) is 15.0 Å². The monoisotopic (exact) mass is 578 g/mol. The number of thiazole rings is 1. The van der Waals surface area contributed by atoms with Crippen molar-refractivity contribution in [2.24, 2.45) is 0 Å². The van der Waals surface area contributed by atoms with Crippen molar-refractivity contribution in [2.45, 2.75) is 13.5 Å². The number of anilines is 1. The normalized spacial score (nSPS) is 14.3. The summed E-state index contributed by atoms with van der Waals surface area (Å²) in [6.07, 6.45) is 1.96. The molecule has 0 radical (unpaired) electrons. The lowest BCUT2D eigenvalue weighted by Crippen LogP contribution is -2.46. The van der Waals surface area contributed by atoms with Crippen molar-refractivity contribution in [3.8, 4) is 21.8 Å². The SMILES string of the molecule is COCCN1CCN(Cc2cnc3sc(-c4ccccc4NC(=O)c4cccc(-c5ccc(C)cc5)n4)nc3c2)CC1. The predicted molar refractivity (Wildman–Crippen MR) is 169 cm³/mol. The molecule has 0 saturated carbocycles. The Hall–Kier alpha value is -4.02. The number of hydrogen-bond acceptors (Lipinski definition) is 8. The lowest BCUT2D eigenvalue weighted by molar-refractivity contribution is 0.0938. The highest BCUT2D eigenvalue weighted by molar-refractivity contribution is 7.21. The summed E-state index contributed by atoms with van der Waals surface area (Å²) in [5.74, 6) is -0.264. The second-order valence-corrected chi connectivity index (χ2v) is 11.5. The molecule has 1 saturated heterocycles. The first kappa shape index (κ1) is 28.1. The van der Waals surface area contributed by atoms with E-state index in [0.29, 0.717) is 11.4 Å². The van der Waals surface area contributed by atoms with Gasteiger partial charge < -0.3 is 10.1 Å². The quantitative estimate of drug-likeness (QED) is 0.239. The molecule has 3 aromatic heterocycles. The Balaban J connectivity index is 1.17. The summed E-state index contributed by atoms with van der Waals surface area (Å²) in [4.78, 5) is 33.4. The van der Waals surface area contributed by atoms with E-state index in [-0.39, 0.29) is 5.91 Å². The topological polar surface area (TPSA) is 83.5 Å². The molecule has 1 aliphatic rings. The summed E-state index contributed by atoms with van der Waals surface area (Å²) in [7, 11) is 1.75. The van der Waals surface area contributed by atoms with Gasteiger partial charge in [0.15, 0.2) is 0 Å². The average molecular weight is 579 g/mol. The van der Waals surface area contributed by atoms with Gasteiger partial charge in [-0.2, -0.15) is 0 Å². The molecule has 8 nitrogen and oxygen atoms in total. The second kappa shape index (κ2) is 12.9. The molecule has 0 atom stereocenters. The second-order valence-electron chi connectivity index (χ2n) is 10.6. The Morgan fingerprint density at radius 2 is 1.74 bits per heavy atom. The van der Waals surface area contributed by atoms with E-state index in [1.165, 1.54) is 16.9 Å². The van der Waals surface area contributed by atoms with Gasteiger partial charge in [0.1, 0.15) is 21.0 Å². The molecular weight excluding hydrogens is 544 g/mol. The molecule has 4 heterocycles. The van der Waals surface area contributed by atoms with Gasteiger partial charge in [0.25, 0.3) is 5.91 Å². The van der Waals surface area contributed by atoms with E-state index in [1.807, 2.05) is 73.8 Å². The van der Waals surface area contributed by atoms with Crippen LogP contribution in [0.2, 0.25) is 0 Å². The van der Waals surface area contributed by atoms with Gasteiger partial charge in [-0.05, 0) is 42.8 Å². The van der Waals surface area contributed by atoms with Gasteiger partial charge in [-0.15, -0.1) is 0 Å². The number of para-hydroxylation sites is 1. The van der Waals surface area contributed by atoms with Gasteiger partial charge in [0.2, 0.25) is 0 Å². The third-order valence-corrected chi connectivity index (χ3v) is 8.53. The van der Waals surface area contributed by atoms with Gasteiger partial charge in [0.05, 0.1) is 18.0 Å². The van der Waals surface area contributed by atoms with E-state index in [9.17, 15) is 4.79 Å². The molecule has 1 amide bonds. The lowest BCUT2D eigenvalue weighted by Gasteiger charge is -2.34. The Labute approximate surface area is 250 Å². The number of piperazine rings is 1. The fourth-order valence-electron chi connectivity index (χ4n) is 5.13. The number of hydrogen-bond donors (Lipinski definition) is 1. The van der Waals surface area contributed by atoms with Gasteiger partial charge >= 0.3 is 0 Å². The summed E-state index contributed by atoms with van der Waals surface area (Å²) < 4.78 is 5.22. The molecule has 1 fully saturated rings. The first-order chi connectivity index (χ1) is 20.6. The van der Waals surface area contributed by atoms with Crippen LogP contribution in [0.5, 0.6) is 0 Å². The van der Waals surface area contributed by atoms with E-state index in [0.717, 1.165) is 83.6 Å². The molecule has 2 aromatic carbocycles. The Bertz CT molecular complexity index is 1680. The van der Waals surface area contributed by atoms with Crippen LogP contribution in [0.15, 0.2) is 79.0 Å². The van der Waals surface area contributed by atoms with Crippen molar-refractivity contribution in [1.29, 1.82) is 0 Å². The zero-order valence-corrected chi connectivity index (χ0v) is 24.7. The summed E-state index contributed by atoms with van der Waals surface area (Å²) in [5.41, 5.74) is 6.85. The molecule has 42 heavy (non-hydrogen) atoms. The van der Waals surface area contributed by atoms with Crippen LogP contribution in [0, 0.1) is 6.92 Å². The maximum Gasteiger partial charge on any atom is 0.274 e. The summed E-state index contributed by atoms with van der Waals surface area (Å²) >= 11 is 1.53. The molecule has 214 valence electrons. The van der Waals surface area contributed by atoms with E-state index >= 15 is 0 Å². The number of amides is 1. The minimum absolute atomic E-state index is 0.264. The van der Waals surface area contributed by atoms with Crippen molar-refractivity contribution in [3.05, 3.63) is 95.8 Å². The molecule has 6 rings (SSSR count). The van der Waals surface area contributed by atoms with E-state index < -0.39 is 0 Å². The summed E-state index contributed by atoms with van der Waals surface area (Å²) in [6, 6.07) is 23.5. The van der Waals surface area contributed by atoms with Crippen molar-refractivity contribution >= 4 is 33.3 Å². The number of pyridine rings is 2. The molecule has 0 unspecified atom stereocenters. The number of carbonyl (C=O) groups is 1. The molecule has 0 spiro atoms. The zero-order valence-electron chi connectivity index (χ0n) is 23.9. The summed E-state index contributed by atoms with van der Waals surface area (Å²) in [5, 5.41) is 3.88. The Kier molecular flexibility index (Phi) is 8.62.